The van der Waals surface area contributed by atoms with E-state index in [1.54, 1.807) is 6.92 Å². The van der Waals surface area contributed by atoms with E-state index in [2.05, 4.69) is 4.98 Å². The minimum Gasteiger partial charge on any atom is -0.462 e. The van der Waals surface area contributed by atoms with Crippen molar-refractivity contribution in [2.24, 2.45) is 0 Å². The maximum atomic E-state index is 14.1. The van der Waals surface area contributed by atoms with Gasteiger partial charge in [-0.2, -0.15) is 13.2 Å². The van der Waals surface area contributed by atoms with Crippen molar-refractivity contribution in [1.29, 1.82) is 0 Å². The van der Waals surface area contributed by atoms with Crippen molar-refractivity contribution in [1.82, 2.24) is 4.98 Å². The summed E-state index contributed by atoms with van der Waals surface area (Å²) in [6, 6.07) is 9.50. The summed E-state index contributed by atoms with van der Waals surface area (Å²) in [6.45, 7) is 1.62. The SMILES string of the molecule is CCOC(=O)c1cc(-c2cc(CC(c3ccc(F)cc3Cl)C(O)C(F)(F)F)ccn2)ccc1F. The molecule has 0 aliphatic rings. The molecule has 0 saturated carbocycles. The highest BCUT2D eigenvalue weighted by Gasteiger charge is 2.44. The fourth-order valence-electron chi connectivity index (χ4n) is 3.48. The Morgan fingerprint density at radius 3 is 2.50 bits per heavy atom. The van der Waals surface area contributed by atoms with Crippen LogP contribution in [-0.4, -0.2) is 34.9 Å². The zero-order chi connectivity index (χ0) is 25.0. The number of hydrogen-bond donors (Lipinski definition) is 1. The molecule has 34 heavy (non-hydrogen) atoms. The highest BCUT2D eigenvalue weighted by Crippen LogP contribution is 2.37. The van der Waals surface area contributed by atoms with E-state index in [-0.39, 0.29) is 34.9 Å². The summed E-state index contributed by atoms with van der Waals surface area (Å²) < 4.78 is 72.6. The Balaban J connectivity index is 1.99. The monoisotopic (exact) mass is 499 g/mol. The van der Waals surface area contributed by atoms with Crippen LogP contribution in [0, 0.1) is 11.6 Å². The van der Waals surface area contributed by atoms with Gasteiger partial charge in [-0.3, -0.25) is 4.98 Å². The highest BCUT2D eigenvalue weighted by molar-refractivity contribution is 6.31. The molecule has 3 aromatic rings. The smallest absolute Gasteiger partial charge is 0.414 e. The fourth-order valence-corrected chi connectivity index (χ4v) is 3.79. The molecule has 3 rings (SSSR count). The third-order valence-electron chi connectivity index (χ3n) is 5.12. The molecule has 0 aliphatic heterocycles. The zero-order valence-electron chi connectivity index (χ0n) is 17.7. The second-order valence-corrected chi connectivity index (χ2v) is 7.83. The molecule has 4 nitrogen and oxygen atoms in total. The molecule has 0 aliphatic carbocycles. The maximum absolute atomic E-state index is 14.1. The van der Waals surface area contributed by atoms with E-state index in [1.807, 2.05) is 0 Å². The van der Waals surface area contributed by atoms with Crippen molar-refractivity contribution in [3.63, 3.8) is 0 Å². The summed E-state index contributed by atoms with van der Waals surface area (Å²) in [6.07, 6.45) is -6.70. The molecule has 0 spiro atoms. The van der Waals surface area contributed by atoms with E-state index >= 15 is 0 Å². The normalized spacial score (nSPS) is 13.4. The van der Waals surface area contributed by atoms with Crippen LogP contribution in [0.1, 0.15) is 34.3 Å². The number of pyridine rings is 1. The maximum Gasteiger partial charge on any atom is 0.414 e. The molecule has 0 radical (unpaired) electrons. The predicted octanol–water partition coefficient (Wildman–Crippen LogP) is 6.11. The van der Waals surface area contributed by atoms with Crippen molar-refractivity contribution >= 4 is 17.6 Å². The largest absolute Gasteiger partial charge is 0.462 e. The predicted molar refractivity (Wildman–Crippen MR) is 116 cm³/mol. The van der Waals surface area contributed by atoms with Gasteiger partial charge in [-0.05, 0) is 66.9 Å². The number of rotatable bonds is 7. The molecule has 0 bridgehead atoms. The van der Waals surface area contributed by atoms with E-state index < -0.39 is 35.8 Å². The number of hydrogen-bond acceptors (Lipinski definition) is 4. The first-order valence-corrected chi connectivity index (χ1v) is 10.5. The van der Waals surface area contributed by atoms with Gasteiger partial charge in [0, 0.05) is 22.7 Å². The minimum atomic E-state index is -4.95. The standard InChI is InChI=1S/C24H19ClF5NO3/c1-2-34-23(33)18-11-14(3-6-20(18)27)21-10-13(7-8-31-21)9-17(22(32)24(28,29)30)16-5-4-15(26)12-19(16)25/h3-8,10-12,17,22,32H,2,9H2,1H3. The van der Waals surface area contributed by atoms with Gasteiger partial charge in [0.25, 0.3) is 0 Å². The number of aromatic nitrogens is 1. The van der Waals surface area contributed by atoms with Crippen molar-refractivity contribution in [3.8, 4) is 11.3 Å². The van der Waals surface area contributed by atoms with E-state index in [0.717, 1.165) is 24.3 Å². The molecule has 2 atom stereocenters. The lowest BCUT2D eigenvalue weighted by atomic mass is 9.86. The Bertz CT molecular complexity index is 1190. The Hall–Kier alpha value is -3.04. The number of carbonyl (C=O) groups excluding carboxylic acids is 1. The van der Waals surface area contributed by atoms with Gasteiger partial charge in [0.1, 0.15) is 11.6 Å². The second kappa shape index (κ2) is 10.5. The lowest BCUT2D eigenvalue weighted by Crippen LogP contribution is -2.35. The minimum absolute atomic E-state index is 0.0467. The summed E-state index contributed by atoms with van der Waals surface area (Å²) in [7, 11) is 0. The number of esters is 1. The third kappa shape index (κ3) is 5.90. The summed E-state index contributed by atoms with van der Waals surface area (Å²) in [5.41, 5.74) is 0.556. The van der Waals surface area contributed by atoms with E-state index in [1.165, 1.54) is 30.5 Å². The third-order valence-corrected chi connectivity index (χ3v) is 5.44. The Kier molecular flexibility index (Phi) is 7.89. The number of carbonyl (C=O) groups is 1. The molecule has 1 heterocycles. The van der Waals surface area contributed by atoms with Crippen LogP contribution in [0.25, 0.3) is 11.3 Å². The molecule has 1 N–H and O–H groups in total. The van der Waals surface area contributed by atoms with Crippen LogP contribution in [0.5, 0.6) is 0 Å². The lowest BCUT2D eigenvalue weighted by molar-refractivity contribution is -0.210. The molecule has 0 amide bonds. The molecule has 0 saturated heterocycles. The average Bonchev–Trinajstić information content (AvgIpc) is 2.77. The molecule has 10 heteroatoms. The number of aliphatic hydroxyl groups excluding tert-OH is 1. The Morgan fingerprint density at radius 1 is 1.12 bits per heavy atom. The number of nitrogens with zero attached hydrogens (tertiary/aromatic N) is 1. The highest BCUT2D eigenvalue weighted by atomic mass is 35.5. The summed E-state index contributed by atoms with van der Waals surface area (Å²) in [5, 5.41) is 9.78. The molecule has 2 unspecified atom stereocenters. The van der Waals surface area contributed by atoms with Crippen LogP contribution in [0.15, 0.2) is 54.7 Å². The number of ether oxygens (including phenoxy) is 1. The van der Waals surface area contributed by atoms with E-state index in [4.69, 9.17) is 16.3 Å². The van der Waals surface area contributed by atoms with Crippen LogP contribution in [0.4, 0.5) is 22.0 Å². The molecule has 2 aromatic carbocycles. The van der Waals surface area contributed by atoms with Crippen molar-refractivity contribution < 1.29 is 36.6 Å². The van der Waals surface area contributed by atoms with E-state index in [9.17, 15) is 31.9 Å². The Morgan fingerprint density at radius 2 is 1.85 bits per heavy atom. The van der Waals surface area contributed by atoms with Crippen LogP contribution in [0.2, 0.25) is 5.02 Å². The zero-order valence-corrected chi connectivity index (χ0v) is 18.5. The number of benzene rings is 2. The number of halogens is 6. The van der Waals surface area contributed by atoms with Gasteiger partial charge in [-0.15, -0.1) is 0 Å². The van der Waals surface area contributed by atoms with Gasteiger partial charge in [0.15, 0.2) is 6.10 Å². The molecular formula is C24H19ClF5NO3. The first kappa shape index (κ1) is 25.6. The van der Waals surface area contributed by atoms with Crippen LogP contribution < -0.4 is 0 Å². The van der Waals surface area contributed by atoms with Crippen molar-refractivity contribution in [2.45, 2.75) is 31.5 Å². The number of alkyl halides is 3. The topological polar surface area (TPSA) is 59.4 Å². The van der Waals surface area contributed by atoms with Crippen molar-refractivity contribution in [2.75, 3.05) is 6.61 Å². The van der Waals surface area contributed by atoms with Crippen LogP contribution in [0.3, 0.4) is 0 Å². The molecular weight excluding hydrogens is 481 g/mol. The van der Waals surface area contributed by atoms with Gasteiger partial charge in [-0.25, -0.2) is 13.6 Å². The van der Waals surface area contributed by atoms with E-state index in [0.29, 0.717) is 11.1 Å². The fraction of sp³-hybridized carbons (Fsp3) is 0.250. The first-order valence-electron chi connectivity index (χ1n) is 10.1. The first-order chi connectivity index (χ1) is 16.0. The van der Waals surface area contributed by atoms with Gasteiger partial charge < -0.3 is 9.84 Å². The molecule has 180 valence electrons. The van der Waals surface area contributed by atoms with Gasteiger partial charge in [-0.1, -0.05) is 17.7 Å². The summed E-state index contributed by atoms with van der Waals surface area (Å²) in [4.78, 5) is 16.1. The molecule has 0 fully saturated rings. The van der Waals surface area contributed by atoms with Crippen molar-refractivity contribution in [3.05, 3.63) is 88.1 Å². The average molecular weight is 500 g/mol. The second-order valence-electron chi connectivity index (χ2n) is 7.43. The number of aliphatic hydroxyl groups is 1. The Labute approximate surface area is 197 Å². The van der Waals surface area contributed by atoms with Gasteiger partial charge >= 0.3 is 12.1 Å². The lowest BCUT2D eigenvalue weighted by Gasteiger charge is -2.26. The quantitative estimate of drug-likeness (QED) is 0.315. The summed E-state index contributed by atoms with van der Waals surface area (Å²) in [5.74, 6) is -3.92. The summed E-state index contributed by atoms with van der Waals surface area (Å²) >= 11 is 5.99. The van der Waals surface area contributed by atoms with Gasteiger partial charge in [0.05, 0.1) is 17.9 Å². The molecule has 1 aromatic heterocycles. The van der Waals surface area contributed by atoms with Crippen LogP contribution in [-0.2, 0) is 11.2 Å². The van der Waals surface area contributed by atoms with Crippen LogP contribution >= 0.6 is 11.6 Å². The van der Waals surface area contributed by atoms with Gasteiger partial charge in [0.2, 0.25) is 0 Å².